The number of hydrogen-bond donors (Lipinski definition) is 1. The highest BCUT2D eigenvalue weighted by molar-refractivity contribution is 6.35. The van der Waals surface area contributed by atoms with Crippen LogP contribution in [0.1, 0.15) is 38.8 Å². The van der Waals surface area contributed by atoms with Crippen LogP contribution in [0.4, 0.5) is 0 Å². The molecule has 0 aromatic heterocycles. The number of nitrogens with one attached hydrogen (secondary N) is 1. The smallest absolute Gasteiger partial charge is 0.220 e. The van der Waals surface area contributed by atoms with E-state index in [4.69, 9.17) is 23.2 Å². The summed E-state index contributed by atoms with van der Waals surface area (Å²) >= 11 is 11.9. The van der Waals surface area contributed by atoms with Gasteiger partial charge in [0.2, 0.25) is 5.91 Å². The SMILES string of the molecule is CC(C)CC(=O)N[C@@H](C)c1ccc(Cl)cc1Cl. The fraction of sp³-hybridized carbons (Fsp3) is 0.462. The van der Waals surface area contributed by atoms with E-state index in [9.17, 15) is 4.79 Å². The van der Waals surface area contributed by atoms with Crippen LogP contribution in [0.5, 0.6) is 0 Å². The lowest BCUT2D eigenvalue weighted by molar-refractivity contribution is -0.122. The Morgan fingerprint density at radius 2 is 1.94 bits per heavy atom. The molecule has 0 bridgehead atoms. The minimum Gasteiger partial charge on any atom is -0.350 e. The van der Waals surface area contributed by atoms with Crippen LogP contribution >= 0.6 is 23.2 Å². The first-order valence-electron chi connectivity index (χ1n) is 5.64. The van der Waals surface area contributed by atoms with Gasteiger partial charge in [-0.3, -0.25) is 4.79 Å². The van der Waals surface area contributed by atoms with Crippen molar-refractivity contribution in [2.75, 3.05) is 0 Å². The second kappa shape index (κ2) is 6.27. The van der Waals surface area contributed by atoms with Gasteiger partial charge in [-0.05, 0) is 30.5 Å². The molecule has 1 amide bonds. The number of halogens is 2. The molecule has 0 aliphatic carbocycles. The minimum absolute atomic E-state index is 0.0403. The first-order valence-corrected chi connectivity index (χ1v) is 6.40. The van der Waals surface area contributed by atoms with Gasteiger partial charge in [-0.25, -0.2) is 0 Å². The van der Waals surface area contributed by atoms with E-state index in [0.29, 0.717) is 22.4 Å². The van der Waals surface area contributed by atoms with Crippen LogP contribution in [0.2, 0.25) is 10.0 Å². The fourth-order valence-corrected chi connectivity index (χ4v) is 2.17. The Bertz CT molecular complexity index is 404. The molecule has 0 heterocycles. The van der Waals surface area contributed by atoms with E-state index in [-0.39, 0.29) is 11.9 Å². The van der Waals surface area contributed by atoms with Gasteiger partial charge in [0, 0.05) is 16.5 Å². The van der Waals surface area contributed by atoms with Gasteiger partial charge in [-0.15, -0.1) is 0 Å². The molecule has 0 saturated heterocycles. The summed E-state index contributed by atoms with van der Waals surface area (Å²) in [5, 5.41) is 4.10. The topological polar surface area (TPSA) is 29.1 Å². The molecule has 0 aliphatic heterocycles. The molecule has 0 radical (unpaired) electrons. The predicted octanol–water partition coefficient (Wildman–Crippen LogP) is 4.22. The lowest BCUT2D eigenvalue weighted by Gasteiger charge is -2.16. The summed E-state index contributed by atoms with van der Waals surface area (Å²) in [5.41, 5.74) is 0.883. The maximum absolute atomic E-state index is 11.6. The van der Waals surface area contributed by atoms with Crippen molar-refractivity contribution in [3.05, 3.63) is 33.8 Å². The van der Waals surface area contributed by atoms with Gasteiger partial charge in [-0.2, -0.15) is 0 Å². The molecule has 4 heteroatoms. The number of benzene rings is 1. The number of rotatable bonds is 4. The van der Waals surface area contributed by atoms with Crippen LogP contribution in [-0.2, 0) is 4.79 Å². The maximum Gasteiger partial charge on any atom is 0.220 e. The molecule has 1 atom stereocenters. The Kier molecular flexibility index (Phi) is 5.29. The highest BCUT2D eigenvalue weighted by atomic mass is 35.5. The summed E-state index contributed by atoms with van der Waals surface area (Å²) < 4.78 is 0. The van der Waals surface area contributed by atoms with Crippen LogP contribution in [0.3, 0.4) is 0 Å². The monoisotopic (exact) mass is 273 g/mol. The molecule has 0 spiro atoms. The second-order valence-corrected chi connectivity index (χ2v) is 5.40. The summed E-state index contributed by atoms with van der Waals surface area (Å²) in [6.07, 6.45) is 0.523. The van der Waals surface area contributed by atoms with Gasteiger partial charge >= 0.3 is 0 Å². The molecular formula is C13H17Cl2NO. The summed E-state index contributed by atoms with van der Waals surface area (Å²) in [6.45, 7) is 5.94. The van der Waals surface area contributed by atoms with Gasteiger partial charge in [0.15, 0.2) is 0 Å². The summed E-state index contributed by atoms with van der Waals surface area (Å²) in [7, 11) is 0. The van der Waals surface area contributed by atoms with Crippen LogP contribution in [0.25, 0.3) is 0 Å². The van der Waals surface area contributed by atoms with E-state index in [1.165, 1.54) is 0 Å². The number of hydrogen-bond acceptors (Lipinski definition) is 1. The Hall–Kier alpha value is -0.730. The molecule has 17 heavy (non-hydrogen) atoms. The normalized spacial score (nSPS) is 12.6. The van der Waals surface area contributed by atoms with Gasteiger partial charge in [0.1, 0.15) is 0 Å². The summed E-state index contributed by atoms with van der Waals surface area (Å²) in [6, 6.07) is 5.19. The first kappa shape index (κ1) is 14.3. The highest BCUT2D eigenvalue weighted by Crippen LogP contribution is 2.26. The lowest BCUT2D eigenvalue weighted by atomic mass is 10.1. The van der Waals surface area contributed by atoms with Crippen molar-refractivity contribution in [1.82, 2.24) is 5.32 Å². The van der Waals surface area contributed by atoms with Gasteiger partial charge in [-0.1, -0.05) is 43.1 Å². The van der Waals surface area contributed by atoms with Crippen molar-refractivity contribution in [2.24, 2.45) is 5.92 Å². The van der Waals surface area contributed by atoms with E-state index in [2.05, 4.69) is 5.32 Å². The third kappa shape index (κ3) is 4.57. The largest absolute Gasteiger partial charge is 0.350 e. The number of amides is 1. The van der Waals surface area contributed by atoms with E-state index < -0.39 is 0 Å². The molecule has 94 valence electrons. The molecule has 1 aromatic rings. The molecule has 1 aromatic carbocycles. The zero-order valence-electron chi connectivity index (χ0n) is 10.3. The van der Waals surface area contributed by atoms with E-state index >= 15 is 0 Å². The van der Waals surface area contributed by atoms with E-state index in [1.807, 2.05) is 26.8 Å². The van der Waals surface area contributed by atoms with Crippen LogP contribution in [-0.4, -0.2) is 5.91 Å². The third-order valence-corrected chi connectivity index (χ3v) is 2.96. The molecule has 0 unspecified atom stereocenters. The summed E-state index contributed by atoms with van der Waals surface area (Å²) in [4.78, 5) is 11.6. The van der Waals surface area contributed by atoms with Crippen molar-refractivity contribution in [3.63, 3.8) is 0 Å². The molecule has 0 aliphatic rings. The van der Waals surface area contributed by atoms with E-state index in [0.717, 1.165) is 5.56 Å². The van der Waals surface area contributed by atoms with Crippen LogP contribution < -0.4 is 5.32 Å². The Morgan fingerprint density at radius 1 is 1.29 bits per heavy atom. The fourth-order valence-electron chi connectivity index (χ4n) is 1.60. The average molecular weight is 274 g/mol. The Labute approximate surface area is 112 Å². The van der Waals surface area contributed by atoms with Crippen molar-refractivity contribution in [3.8, 4) is 0 Å². The number of carbonyl (C=O) groups is 1. The Morgan fingerprint density at radius 3 is 2.47 bits per heavy atom. The highest BCUT2D eigenvalue weighted by Gasteiger charge is 2.13. The molecule has 0 saturated carbocycles. The van der Waals surface area contributed by atoms with Gasteiger partial charge in [0.25, 0.3) is 0 Å². The quantitative estimate of drug-likeness (QED) is 0.875. The average Bonchev–Trinajstić information content (AvgIpc) is 2.15. The third-order valence-electron chi connectivity index (χ3n) is 2.40. The Balaban J connectivity index is 2.69. The second-order valence-electron chi connectivity index (χ2n) is 4.55. The predicted molar refractivity (Wildman–Crippen MR) is 72.5 cm³/mol. The van der Waals surface area contributed by atoms with Crippen molar-refractivity contribution >= 4 is 29.1 Å². The molecule has 0 fully saturated rings. The van der Waals surface area contributed by atoms with E-state index in [1.54, 1.807) is 12.1 Å². The first-order chi connectivity index (χ1) is 7.90. The van der Waals surface area contributed by atoms with Gasteiger partial charge < -0.3 is 5.32 Å². The molecule has 2 nitrogen and oxygen atoms in total. The van der Waals surface area contributed by atoms with Crippen LogP contribution in [0.15, 0.2) is 18.2 Å². The van der Waals surface area contributed by atoms with Crippen molar-refractivity contribution < 1.29 is 4.79 Å². The lowest BCUT2D eigenvalue weighted by Crippen LogP contribution is -2.27. The molecular weight excluding hydrogens is 257 g/mol. The maximum atomic E-state index is 11.6. The number of carbonyl (C=O) groups excluding carboxylic acids is 1. The summed E-state index contributed by atoms with van der Waals surface area (Å²) in [5.74, 6) is 0.390. The standard InChI is InChI=1S/C13H17Cl2NO/c1-8(2)6-13(17)16-9(3)11-5-4-10(14)7-12(11)15/h4-5,7-9H,6H2,1-3H3,(H,16,17)/t9-/m0/s1. The minimum atomic E-state index is -0.106. The molecule has 1 rings (SSSR count). The molecule has 1 N–H and O–H groups in total. The zero-order chi connectivity index (χ0) is 13.0. The van der Waals surface area contributed by atoms with Crippen molar-refractivity contribution in [1.29, 1.82) is 0 Å². The van der Waals surface area contributed by atoms with Crippen LogP contribution in [0, 0.1) is 5.92 Å². The van der Waals surface area contributed by atoms with Gasteiger partial charge in [0.05, 0.1) is 6.04 Å². The zero-order valence-corrected chi connectivity index (χ0v) is 11.8. The van der Waals surface area contributed by atoms with Crippen molar-refractivity contribution in [2.45, 2.75) is 33.2 Å².